The van der Waals surface area contributed by atoms with Crippen molar-refractivity contribution in [3.8, 4) is 11.3 Å². The van der Waals surface area contributed by atoms with Crippen molar-refractivity contribution in [2.45, 2.75) is 58.5 Å². The molecular weight excluding hydrogens is 467 g/mol. The van der Waals surface area contributed by atoms with Gasteiger partial charge < -0.3 is 15.2 Å². The van der Waals surface area contributed by atoms with E-state index in [2.05, 4.69) is 25.6 Å². The predicted octanol–water partition coefficient (Wildman–Crippen LogP) is 6.35. The zero-order valence-corrected chi connectivity index (χ0v) is 22.7. The summed E-state index contributed by atoms with van der Waals surface area (Å²) in [5.74, 6) is 1.41. The Balaban J connectivity index is 1.80. The summed E-state index contributed by atoms with van der Waals surface area (Å²) in [4.78, 5) is 17.8. The van der Waals surface area contributed by atoms with Gasteiger partial charge in [-0.2, -0.15) is 0 Å². The van der Waals surface area contributed by atoms with Gasteiger partial charge in [-0.3, -0.25) is 9.78 Å². The maximum absolute atomic E-state index is 13.3. The quantitative estimate of drug-likeness (QED) is 0.212. The van der Waals surface area contributed by atoms with Crippen LogP contribution in [0.1, 0.15) is 66.9 Å². The number of nitrogens with one attached hydrogen (secondary N) is 1. The zero-order valence-electron chi connectivity index (χ0n) is 21.5. The Morgan fingerprint density at radius 1 is 1.19 bits per heavy atom. The summed E-state index contributed by atoms with van der Waals surface area (Å²) in [7, 11) is 4.30. The molecule has 1 saturated carbocycles. The van der Waals surface area contributed by atoms with Crippen LogP contribution >= 0.6 is 9.24 Å². The summed E-state index contributed by atoms with van der Waals surface area (Å²) in [5, 5.41) is 13.7. The molecule has 36 heavy (non-hydrogen) atoms. The lowest BCUT2D eigenvalue weighted by Gasteiger charge is -2.22. The summed E-state index contributed by atoms with van der Waals surface area (Å²) < 4.78 is 5.38. The molecule has 0 aliphatic heterocycles. The Bertz CT molecular complexity index is 1100. The minimum absolute atomic E-state index is 0.0967. The molecule has 1 heterocycles. The fourth-order valence-electron chi connectivity index (χ4n) is 4.76. The third kappa shape index (κ3) is 7.88. The molecule has 2 N–H and O–H groups in total. The van der Waals surface area contributed by atoms with Gasteiger partial charge in [0.05, 0.1) is 19.4 Å². The minimum Gasteiger partial charge on any atom is -0.496 e. The fraction of sp³-hybridized carbons (Fsp3) is 0.400. The Labute approximate surface area is 218 Å². The van der Waals surface area contributed by atoms with Crippen molar-refractivity contribution in [2.75, 3.05) is 13.7 Å². The molecule has 0 radical (unpaired) electrons. The maximum Gasteiger partial charge on any atom is 0.251 e. The number of rotatable bonds is 11. The van der Waals surface area contributed by atoms with Crippen LogP contribution in [0.2, 0.25) is 0 Å². The Kier molecular flexibility index (Phi) is 11.4. The van der Waals surface area contributed by atoms with Crippen LogP contribution in [0.15, 0.2) is 71.9 Å². The molecular formula is C30H39N2O3P. The number of nitrogens with zero attached hydrogens (tertiary/aromatic N) is 1. The van der Waals surface area contributed by atoms with Crippen LogP contribution < -0.4 is 5.32 Å². The highest BCUT2D eigenvalue weighted by molar-refractivity contribution is 7.23. The van der Waals surface area contributed by atoms with Crippen LogP contribution in [0.3, 0.4) is 0 Å². The lowest BCUT2D eigenvalue weighted by Crippen LogP contribution is -2.25. The summed E-state index contributed by atoms with van der Waals surface area (Å²) >= 11 is 0. The van der Waals surface area contributed by atoms with Crippen LogP contribution in [0, 0.1) is 5.92 Å². The molecule has 2 aromatic rings. The molecule has 0 spiro atoms. The second-order valence-corrected chi connectivity index (χ2v) is 9.84. The highest BCUT2D eigenvalue weighted by Crippen LogP contribution is 2.30. The lowest BCUT2D eigenvalue weighted by molar-refractivity contribution is 0.0957. The van der Waals surface area contributed by atoms with Gasteiger partial charge in [0.2, 0.25) is 0 Å². The van der Waals surface area contributed by atoms with Gasteiger partial charge in [-0.25, -0.2) is 0 Å². The molecule has 3 rings (SSSR count). The molecule has 1 unspecified atom stereocenters. The molecule has 6 heteroatoms. The minimum atomic E-state index is -0.101. The van der Waals surface area contributed by atoms with Crippen LogP contribution in [0.5, 0.6) is 0 Å². The van der Waals surface area contributed by atoms with Crippen molar-refractivity contribution >= 4 is 15.1 Å². The van der Waals surface area contributed by atoms with Gasteiger partial charge in [0.15, 0.2) is 0 Å². The van der Waals surface area contributed by atoms with E-state index in [1.165, 1.54) is 32.1 Å². The van der Waals surface area contributed by atoms with E-state index in [-0.39, 0.29) is 12.5 Å². The van der Waals surface area contributed by atoms with E-state index in [9.17, 15) is 9.90 Å². The second-order valence-electron chi connectivity index (χ2n) is 9.22. The second kappa shape index (κ2) is 14.7. The number of aliphatic hydroxyl groups excluding tert-OH is 1. The molecule has 1 aromatic heterocycles. The van der Waals surface area contributed by atoms with E-state index in [0.717, 1.165) is 46.5 Å². The zero-order chi connectivity index (χ0) is 25.8. The van der Waals surface area contributed by atoms with Gasteiger partial charge in [-0.1, -0.05) is 68.5 Å². The number of carbonyl (C=O) groups is 1. The Morgan fingerprint density at radius 3 is 2.72 bits per heavy atom. The molecule has 1 fully saturated rings. The number of aromatic nitrogens is 1. The third-order valence-electron chi connectivity index (χ3n) is 6.74. The standard InChI is InChI=1S/C30H39N2O3P/c1-3-9-27(35-2)28(36)13-8-19-32-30(34)26-20-24(29-25(21-33)12-7-18-31-29)17-16-23(26)15-14-22-10-5-4-6-11-22/h3,7-9,12-13,16-18,20,22,33H,4-6,10-11,14-15,19,21,36H2,1-2H3,(H,32,34)/b9-3-,13-8+,28-27-. The van der Waals surface area contributed by atoms with Gasteiger partial charge in [0.1, 0.15) is 5.76 Å². The summed E-state index contributed by atoms with van der Waals surface area (Å²) in [6.45, 7) is 2.25. The molecule has 1 aliphatic carbocycles. The number of pyridine rings is 1. The summed E-state index contributed by atoms with van der Waals surface area (Å²) in [6, 6.07) is 9.68. The SMILES string of the molecule is C\C=C/C(OC)=C(P)\C=C\CNC(=O)c1cc(-c2ncccc2CO)ccc1CCC1CCCCC1. The first-order chi connectivity index (χ1) is 17.6. The van der Waals surface area contributed by atoms with Crippen LogP contribution in [0.4, 0.5) is 0 Å². The predicted molar refractivity (Wildman–Crippen MR) is 151 cm³/mol. The van der Waals surface area contributed by atoms with Crippen molar-refractivity contribution in [1.29, 1.82) is 0 Å². The van der Waals surface area contributed by atoms with E-state index < -0.39 is 0 Å². The number of hydrogen-bond donors (Lipinski definition) is 2. The van der Waals surface area contributed by atoms with E-state index in [1.807, 2.05) is 55.5 Å². The van der Waals surface area contributed by atoms with Crippen LogP contribution in [-0.2, 0) is 17.8 Å². The van der Waals surface area contributed by atoms with Crippen LogP contribution in [0.25, 0.3) is 11.3 Å². The number of hydrogen-bond acceptors (Lipinski definition) is 4. The number of ether oxygens (including phenoxy) is 1. The third-order valence-corrected chi connectivity index (χ3v) is 7.21. The van der Waals surface area contributed by atoms with E-state index in [0.29, 0.717) is 17.8 Å². The molecule has 5 nitrogen and oxygen atoms in total. The van der Waals surface area contributed by atoms with Gasteiger partial charge in [0, 0.05) is 34.7 Å². The van der Waals surface area contributed by atoms with E-state index >= 15 is 0 Å². The van der Waals surface area contributed by atoms with Gasteiger partial charge >= 0.3 is 0 Å². The molecule has 1 atom stereocenters. The summed E-state index contributed by atoms with van der Waals surface area (Å²) in [5.41, 5.74) is 4.04. The average Bonchev–Trinajstić information content (AvgIpc) is 2.93. The largest absolute Gasteiger partial charge is 0.496 e. The topological polar surface area (TPSA) is 71.5 Å². The number of benzene rings is 1. The number of allylic oxidation sites excluding steroid dienone is 4. The molecule has 192 valence electrons. The van der Waals surface area contributed by atoms with Gasteiger partial charge in [-0.15, -0.1) is 9.24 Å². The lowest BCUT2D eigenvalue weighted by atomic mass is 9.84. The molecule has 0 bridgehead atoms. The van der Waals surface area contributed by atoms with E-state index in [1.54, 1.807) is 13.3 Å². The number of aryl methyl sites for hydroxylation is 1. The van der Waals surface area contributed by atoms with Crippen molar-refractivity contribution in [3.63, 3.8) is 0 Å². The normalized spacial score (nSPS) is 15.3. The number of methoxy groups -OCH3 is 1. The van der Waals surface area contributed by atoms with Crippen molar-refractivity contribution in [1.82, 2.24) is 10.3 Å². The monoisotopic (exact) mass is 506 g/mol. The summed E-state index contributed by atoms with van der Waals surface area (Å²) in [6.07, 6.45) is 17.9. The van der Waals surface area contributed by atoms with E-state index in [4.69, 9.17) is 4.74 Å². The number of carbonyl (C=O) groups excluding carboxylic acids is 1. The highest BCUT2D eigenvalue weighted by atomic mass is 31.0. The fourth-order valence-corrected chi connectivity index (χ4v) is 5.11. The number of aliphatic hydroxyl groups is 1. The molecule has 0 saturated heterocycles. The van der Waals surface area contributed by atoms with Crippen molar-refractivity contribution < 1.29 is 14.6 Å². The molecule has 1 aliphatic rings. The molecule has 1 aromatic carbocycles. The highest BCUT2D eigenvalue weighted by Gasteiger charge is 2.18. The maximum atomic E-state index is 13.3. The van der Waals surface area contributed by atoms with Gasteiger partial charge in [0.25, 0.3) is 5.91 Å². The first-order valence-corrected chi connectivity index (χ1v) is 13.4. The Morgan fingerprint density at radius 2 is 2.00 bits per heavy atom. The van der Waals surface area contributed by atoms with Gasteiger partial charge in [-0.05, 0) is 49.5 Å². The first kappa shape index (κ1) is 27.8. The average molecular weight is 507 g/mol. The molecule has 1 amide bonds. The van der Waals surface area contributed by atoms with Crippen molar-refractivity contribution in [2.24, 2.45) is 5.92 Å². The first-order valence-electron chi connectivity index (χ1n) is 12.9. The van der Waals surface area contributed by atoms with Crippen LogP contribution in [-0.4, -0.2) is 29.7 Å². The number of amides is 1. The smallest absolute Gasteiger partial charge is 0.251 e. The Hall–Kier alpha value is -2.75. The van der Waals surface area contributed by atoms with Crippen molar-refractivity contribution in [3.05, 3.63) is 88.6 Å².